The highest BCUT2D eigenvalue weighted by molar-refractivity contribution is 5.05. The Balaban J connectivity index is 1.97. The van der Waals surface area contributed by atoms with Crippen molar-refractivity contribution in [3.8, 4) is 0 Å². The molecule has 1 heterocycles. The lowest BCUT2D eigenvalue weighted by Crippen LogP contribution is -2.48. The van der Waals surface area contributed by atoms with Crippen molar-refractivity contribution in [2.24, 2.45) is 5.73 Å². The van der Waals surface area contributed by atoms with E-state index in [1.807, 2.05) is 5.01 Å². The molecule has 2 rings (SSSR count). The number of aliphatic hydroxyl groups is 1. The number of aliphatic hydroxyl groups excluding tert-OH is 1. The molecule has 80 valence electrons. The Morgan fingerprint density at radius 3 is 3.14 bits per heavy atom. The van der Waals surface area contributed by atoms with Crippen LogP contribution in [0.5, 0.6) is 0 Å². The second-order valence-electron chi connectivity index (χ2n) is 4.00. The topological polar surface area (TPSA) is 73.5 Å². The zero-order chi connectivity index (χ0) is 9.97. The number of nitrogens with two attached hydrogens (primary N) is 1. The van der Waals surface area contributed by atoms with Gasteiger partial charge in [0.1, 0.15) is 0 Å². The lowest BCUT2D eigenvalue weighted by molar-refractivity contribution is 0.116. The summed E-state index contributed by atoms with van der Waals surface area (Å²) in [7, 11) is 0. The number of nitrogens with one attached hydrogen (secondary N) is 2. The zero-order valence-electron chi connectivity index (χ0n) is 8.24. The van der Waals surface area contributed by atoms with Crippen LogP contribution < -0.4 is 16.7 Å². The molecule has 0 aromatic carbocycles. The van der Waals surface area contributed by atoms with Gasteiger partial charge in [0.2, 0.25) is 0 Å². The Bertz CT molecular complexity index is 231. The van der Waals surface area contributed by atoms with Gasteiger partial charge in [0.15, 0.2) is 0 Å². The average Bonchev–Trinajstić information content (AvgIpc) is 2.65. The first-order valence-corrected chi connectivity index (χ1v) is 5.17. The van der Waals surface area contributed by atoms with Crippen molar-refractivity contribution in [3.05, 3.63) is 11.9 Å². The van der Waals surface area contributed by atoms with Gasteiger partial charge >= 0.3 is 0 Å². The minimum Gasteiger partial charge on any atom is -0.390 e. The van der Waals surface area contributed by atoms with Gasteiger partial charge in [-0.15, -0.1) is 5.53 Å². The van der Waals surface area contributed by atoms with Gasteiger partial charge in [0.25, 0.3) is 0 Å². The Morgan fingerprint density at radius 1 is 1.57 bits per heavy atom. The molecular formula is C9H18N4O. The summed E-state index contributed by atoms with van der Waals surface area (Å²) in [5, 5.41) is 11.1. The summed E-state index contributed by atoms with van der Waals surface area (Å²) in [6, 6.07) is 0.711. The van der Waals surface area contributed by atoms with E-state index in [2.05, 4.69) is 11.0 Å². The largest absolute Gasteiger partial charge is 0.390 e. The van der Waals surface area contributed by atoms with E-state index in [1.54, 1.807) is 6.20 Å². The van der Waals surface area contributed by atoms with E-state index in [0.29, 0.717) is 12.1 Å². The van der Waals surface area contributed by atoms with Crippen LogP contribution in [0.1, 0.15) is 25.7 Å². The van der Waals surface area contributed by atoms with E-state index in [1.165, 1.54) is 6.42 Å². The molecule has 2 atom stereocenters. The summed E-state index contributed by atoms with van der Waals surface area (Å²) < 4.78 is 0. The van der Waals surface area contributed by atoms with Crippen LogP contribution in [0.4, 0.5) is 0 Å². The molecule has 5 nitrogen and oxygen atoms in total. The number of hydrogen-bond donors (Lipinski definition) is 4. The van der Waals surface area contributed by atoms with Gasteiger partial charge in [0, 0.05) is 18.3 Å². The quantitative estimate of drug-likeness (QED) is 0.477. The van der Waals surface area contributed by atoms with Gasteiger partial charge < -0.3 is 16.3 Å². The smallest absolute Gasteiger partial charge is 0.0859 e. The molecule has 1 aliphatic heterocycles. The third kappa shape index (κ3) is 1.84. The number of hydrogen-bond acceptors (Lipinski definition) is 5. The van der Waals surface area contributed by atoms with Crippen LogP contribution in [0.25, 0.3) is 0 Å². The fourth-order valence-electron chi connectivity index (χ4n) is 2.21. The van der Waals surface area contributed by atoms with Crippen LogP contribution in [0.15, 0.2) is 11.9 Å². The summed E-state index contributed by atoms with van der Waals surface area (Å²) in [5.41, 5.74) is 12.7. The third-order valence-corrected chi connectivity index (χ3v) is 2.95. The van der Waals surface area contributed by atoms with E-state index in [0.717, 1.165) is 25.0 Å². The number of hydrazine groups is 2. The number of rotatable bonds is 2. The predicted molar refractivity (Wildman–Crippen MR) is 53.5 cm³/mol. The highest BCUT2D eigenvalue weighted by atomic mass is 16.3. The van der Waals surface area contributed by atoms with Gasteiger partial charge in [-0.25, -0.2) is 0 Å². The Kier molecular flexibility index (Phi) is 2.90. The molecule has 2 aliphatic rings. The van der Waals surface area contributed by atoms with E-state index in [-0.39, 0.29) is 6.61 Å². The van der Waals surface area contributed by atoms with Crippen LogP contribution in [-0.4, -0.2) is 28.8 Å². The van der Waals surface area contributed by atoms with Crippen molar-refractivity contribution in [2.45, 2.75) is 37.8 Å². The van der Waals surface area contributed by atoms with E-state index in [9.17, 15) is 0 Å². The second-order valence-corrected chi connectivity index (χ2v) is 4.00. The van der Waals surface area contributed by atoms with Gasteiger partial charge in [-0.05, 0) is 25.7 Å². The minimum absolute atomic E-state index is 0.0612. The lowest BCUT2D eigenvalue weighted by Gasteiger charge is -2.35. The molecule has 0 spiro atoms. The van der Waals surface area contributed by atoms with Crippen molar-refractivity contribution in [3.63, 3.8) is 0 Å². The zero-order valence-corrected chi connectivity index (χ0v) is 8.24. The SMILES string of the molecule is NC1CCCC(N2NNC=C2CO)C1. The van der Waals surface area contributed by atoms with Crippen LogP contribution >= 0.6 is 0 Å². The Hall–Kier alpha value is -0.780. The van der Waals surface area contributed by atoms with Crippen molar-refractivity contribution < 1.29 is 5.11 Å². The first-order chi connectivity index (χ1) is 6.81. The van der Waals surface area contributed by atoms with Crippen LogP contribution in [0.2, 0.25) is 0 Å². The van der Waals surface area contributed by atoms with E-state index in [4.69, 9.17) is 10.8 Å². The maximum absolute atomic E-state index is 9.11. The first-order valence-electron chi connectivity index (χ1n) is 5.17. The molecule has 0 amide bonds. The molecule has 0 aromatic rings. The Labute approximate surface area is 83.9 Å². The molecule has 0 saturated heterocycles. The van der Waals surface area contributed by atoms with Crippen molar-refractivity contribution in [2.75, 3.05) is 6.61 Å². The van der Waals surface area contributed by atoms with E-state index >= 15 is 0 Å². The third-order valence-electron chi connectivity index (χ3n) is 2.95. The standard InChI is InChI=1S/C9H18N4O/c10-7-2-1-3-8(4-7)13-9(6-14)5-11-12-13/h5,7-8,11-12,14H,1-4,6,10H2. The number of nitrogens with zero attached hydrogens (tertiary/aromatic N) is 1. The first kappa shape index (κ1) is 9.76. The minimum atomic E-state index is 0.0612. The van der Waals surface area contributed by atoms with Crippen LogP contribution in [0, 0.1) is 0 Å². The summed E-state index contributed by atoms with van der Waals surface area (Å²) in [6.45, 7) is 0.0612. The maximum atomic E-state index is 9.11. The molecule has 14 heavy (non-hydrogen) atoms. The van der Waals surface area contributed by atoms with Crippen LogP contribution in [0.3, 0.4) is 0 Å². The van der Waals surface area contributed by atoms with Gasteiger partial charge in [-0.2, -0.15) is 0 Å². The monoisotopic (exact) mass is 198 g/mol. The molecular weight excluding hydrogens is 180 g/mol. The molecule has 5 heteroatoms. The predicted octanol–water partition coefficient (Wildman–Crippen LogP) is -0.585. The molecule has 0 bridgehead atoms. The van der Waals surface area contributed by atoms with E-state index < -0.39 is 0 Å². The van der Waals surface area contributed by atoms with Gasteiger partial charge in [-0.1, -0.05) is 0 Å². The summed E-state index contributed by atoms with van der Waals surface area (Å²) in [6.07, 6.45) is 6.21. The molecule has 2 unspecified atom stereocenters. The molecule has 5 N–H and O–H groups in total. The van der Waals surface area contributed by atoms with Crippen molar-refractivity contribution >= 4 is 0 Å². The van der Waals surface area contributed by atoms with Gasteiger partial charge in [-0.3, -0.25) is 5.01 Å². The summed E-state index contributed by atoms with van der Waals surface area (Å²) in [4.78, 5) is 0. The fourth-order valence-corrected chi connectivity index (χ4v) is 2.21. The highest BCUT2D eigenvalue weighted by Crippen LogP contribution is 2.24. The molecule has 0 aromatic heterocycles. The maximum Gasteiger partial charge on any atom is 0.0859 e. The summed E-state index contributed by atoms with van der Waals surface area (Å²) >= 11 is 0. The fraction of sp³-hybridized carbons (Fsp3) is 0.778. The molecule has 1 saturated carbocycles. The highest BCUT2D eigenvalue weighted by Gasteiger charge is 2.28. The van der Waals surface area contributed by atoms with Crippen molar-refractivity contribution in [1.82, 2.24) is 16.0 Å². The summed E-state index contributed by atoms with van der Waals surface area (Å²) in [5.74, 6) is 0. The lowest BCUT2D eigenvalue weighted by atomic mass is 9.91. The van der Waals surface area contributed by atoms with Crippen LogP contribution in [-0.2, 0) is 0 Å². The molecule has 1 fully saturated rings. The normalized spacial score (nSPS) is 32.7. The van der Waals surface area contributed by atoms with Crippen molar-refractivity contribution in [1.29, 1.82) is 0 Å². The van der Waals surface area contributed by atoms with Gasteiger partial charge in [0.05, 0.1) is 12.3 Å². The average molecular weight is 198 g/mol. The molecule has 0 radical (unpaired) electrons. The second kappa shape index (κ2) is 4.16. The Morgan fingerprint density at radius 2 is 2.43 bits per heavy atom. The molecule has 1 aliphatic carbocycles.